The number of fused-ring (bicyclic) bond motifs is 1. The predicted octanol–water partition coefficient (Wildman–Crippen LogP) is 3.27. The summed E-state index contributed by atoms with van der Waals surface area (Å²) < 4.78 is 7.91. The molecule has 1 atom stereocenters. The third kappa shape index (κ3) is 5.45. The van der Waals surface area contributed by atoms with Gasteiger partial charge in [-0.25, -0.2) is 4.57 Å². The van der Waals surface area contributed by atoms with E-state index in [1.165, 1.54) is 0 Å². The topological polar surface area (TPSA) is 117 Å². The van der Waals surface area contributed by atoms with Crippen molar-refractivity contribution in [2.45, 2.75) is 12.6 Å². The average molecular weight is 417 g/mol. The highest BCUT2D eigenvalue weighted by atomic mass is 35.5. The minimum atomic E-state index is -1.75. The maximum absolute atomic E-state index is 8.25. The molecular weight excluding hydrogens is 400 g/mol. The molecule has 0 saturated heterocycles. The van der Waals surface area contributed by atoms with Crippen LogP contribution in [0.3, 0.4) is 0 Å². The molecule has 2 heterocycles. The summed E-state index contributed by atoms with van der Waals surface area (Å²) in [6.07, 6.45) is 5.71. The lowest BCUT2D eigenvalue weighted by Gasteiger charge is -2.24. The highest BCUT2D eigenvalue weighted by Crippen LogP contribution is 2.28. The normalized spacial score (nSPS) is 16.2. The van der Waals surface area contributed by atoms with Gasteiger partial charge in [-0.15, -0.1) is 0 Å². The molecule has 0 saturated carbocycles. The van der Waals surface area contributed by atoms with Crippen LogP contribution in [0.25, 0.3) is 0 Å². The molecule has 4 rings (SSSR count). The first kappa shape index (κ1) is 20.2. The average Bonchev–Trinajstić information content (AvgIpc) is 3.24. The fraction of sp³-hybridized carbons (Fsp3) is 0.158. The van der Waals surface area contributed by atoms with Crippen molar-refractivity contribution in [3.8, 4) is 5.75 Å². The fourth-order valence-corrected chi connectivity index (χ4v) is 2.95. The van der Waals surface area contributed by atoms with Gasteiger partial charge in [-0.3, -0.25) is 4.98 Å². The second kappa shape index (κ2) is 9.56. The number of halogens is 1. The molecule has 29 heavy (non-hydrogen) atoms. The third-order valence-electron chi connectivity index (χ3n) is 4.11. The Hall–Kier alpha value is -3.59. The summed E-state index contributed by atoms with van der Waals surface area (Å²) in [5, 5.41) is 19.9. The molecule has 1 unspecified atom stereocenters. The van der Waals surface area contributed by atoms with Crippen LogP contribution >= 0.6 is 11.6 Å². The van der Waals surface area contributed by atoms with Crippen molar-refractivity contribution in [2.75, 3.05) is 6.61 Å². The van der Waals surface area contributed by atoms with E-state index in [0.717, 1.165) is 22.6 Å². The minimum Gasteiger partial charge on any atom is -0.488 e. The van der Waals surface area contributed by atoms with Crippen molar-refractivity contribution in [3.63, 3.8) is 0 Å². The van der Waals surface area contributed by atoms with Crippen molar-refractivity contribution >= 4 is 17.3 Å². The van der Waals surface area contributed by atoms with Gasteiger partial charge in [0.25, 0.3) is 0 Å². The van der Waals surface area contributed by atoms with Crippen molar-refractivity contribution in [1.29, 1.82) is 0 Å². The second-order valence-corrected chi connectivity index (χ2v) is 6.42. The van der Waals surface area contributed by atoms with Crippen molar-refractivity contribution in [1.82, 2.24) is 4.98 Å². The molecule has 10 heteroatoms. The summed E-state index contributed by atoms with van der Waals surface area (Å²) in [6, 6.07) is 15.4. The van der Waals surface area contributed by atoms with E-state index in [4.69, 9.17) is 36.5 Å². The van der Waals surface area contributed by atoms with E-state index in [1.54, 1.807) is 0 Å². The number of aromatic nitrogens is 2. The highest BCUT2D eigenvalue weighted by molar-refractivity contribution is 6.30. The van der Waals surface area contributed by atoms with Crippen molar-refractivity contribution in [2.24, 2.45) is 5.16 Å². The molecule has 1 N–H and O–H groups in total. The zero-order valence-corrected chi connectivity index (χ0v) is 15.9. The number of imidazole rings is 1. The van der Waals surface area contributed by atoms with Gasteiger partial charge in [0.2, 0.25) is 6.33 Å². The van der Waals surface area contributed by atoms with E-state index < -0.39 is 5.09 Å². The lowest BCUT2D eigenvalue weighted by Crippen LogP contribution is -2.48. The summed E-state index contributed by atoms with van der Waals surface area (Å²) in [6.45, 7) is 0.886. The van der Waals surface area contributed by atoms with E-state index >= 15 is 0 Å². The Kier molecular flexibility index (Phi) is 6.64. The van der Waals surface area contributed by atoms with Gasteiger partial charge in [0.15, 0.2) is 6.04 Å². The molecular formula is C19H17ClN4O5. The van der Waals surface area contributed by atoms with Gasteiger partial charge in [0.1, 0.15) is 37.1 Å². The largest absolute Gasteiger partial charge is 0.488 e. The number of ether oxygens (including phenoxy) is 1. The number of oxime groups is 1. The van der Waals surface area contributed by atoms with Gasteiger partial charge >= 0.3 is 0 Å². The Morgan fingerprint density at radius 3 is 2.66 bits per heavy atom. The van der Waals surface area contributed by atoms with Crippen molar-refractivity contribution in [3.05, 3.63) is 98.7 Å². The van der Waals surface area contributed by atoms with Crippen LogP contribution in [-0.4, -0.2) is 22.4 Å². The molecule has 1 aliphatic rings. The Balaban J connectivity index is 0.000000552. The second-order valence-electron chi connectivity index (χ2n) is 5.98. The van der Waals surface area contributed by atoms with Gasteiger partial charge in [-0.1, -0.05) is 41.0 Å². The van der Waals surface area contributed by atoms with Crippen LogP contribution in [0.15, 0.2) is 72.4 Å². The number of hydrogen-bond donors (Lipinski definition) is 1. The summed E-state index contributed by atoms with van der Waals surface area (Å²) in [5.74, 6) is 0.823. The highest BCUT2D eigenvalue weighted by Gasteiger charge is 2.32. The Morgan fingerprint density at radius 1 is 1.24 bits per heavy atom. The lowest BCUT2D eigenvalue weighted by molar-refractivity contribution is -0.706. The number of para-hydroxylation sites is 1. The van der Waals surface area contributed by atoms with E-state index in [2.05, 4.69) is 10.1 Å². The predicted molar refractivity (Wildman–Crippen MR) is 105 cm³/mol. The monoisotopic (exact) mass is 416 g/mol. The molecule has 150 valence electrons. The van der Waals surface area contributed by atoms with Crippen LogP contribution in [0.4, 0.5) is 0 Å². The van der Waals surface area contributed by atoms with Crippen LogP contribution in [0, 0.1) is 15.3 Å². The molecule has 3 aromatic rings. The molecule has 0 spiro atoms. The molecule has 1 aliphatic heterocycles. The van der Waals surface area contributed by atoms with Gasteiger partial charge in [0, 0.05) is 10.6 Å². The summed E-state index contributed by atoms with van der Waals surface area (Å²) in [5.41, 5.74) is 2.81. The van der Waals surface area contributed by atoms with Gasteiger partial charge in [-0.05, 0) is 29.8 Å². The van der Waals surface area contributed by atoms with Gasteiger partial charge < -0.3 is 24.9 Å². The van der Waals surface area contributed by atoms with Gasteiger partial charge in [-0.2, -0.15) is 0 Å². The summed E-state index contributed by atoms with van der Waals surface area (Å²) in [4.78, 5) is 17.0. The molecule has 0 bridgehead atoms. The SMILES string of the molecule is Clc1ccc(CO/N=C2\c3ccccc3OCC2[n+]2cc[nH]c2)cc1.O=[N+]([O-])[O-]. The zero-order chi connectivity index (χ0) is 20.6. The number of H-pyrrole nitrogens is 1. The maximum Gasteiger partial charge on any atom is 0.242 e. The van der Waals surface area contributed by atoms with E-state index in [9.17, 15) is 0 Å². The lowest BCUT2D eigenvalue weighted by atomic mass is 10.00. The molecule has 0 aliphatic carbocycles. The zero-order valence-electron chi connectivity index (χ0n) is 15.1. The smallest absolute Gasteiger partial charge is 0.242 e. The fourth-order valence-electron chi connectivity index (χ4n) is 2.82. The number of aromatic amines is 1. The van der Waals surface area contributed by atoms with E-state index in [-0.39, 0.29) is 6.04 Å². The first-order valence-corrected chi connectivity index (χ1v) is 8.94. The Morgan fingerprint density at radius 2 is 1.97 bits per heavy atom. The molecule has 2 aromatic carbocycles. The minimum absolute atomic E-state index is 0.0497. The molecule has 0 radical (unpaired) electrons. The first-order chi connectivity index (χ1) is 14.0. The summed E-state index contributed by atoms with van der Waals surface area (Å²) >= 11 is 5.91. The van der Waals surface area contributed by atoms with Gasteiger partial charge in [0.05, 0.1) is 5.09 Å². The van der Waals surface area contributed by atoms with Crippen LogP contribution in [0.5, 0.6) is 5.75 Å². The number of rotatable bonds is 4. The molecule has 0 fully saturated rings. The summed E-state index contributed by atoms with van der Waals surface area (Å²) in [7, 11) is 0. The maximum atomic E-state index is 8.25. The van der Waals surface area contributed by atoms with Crippen molar-refractivity contribution < 1.29 is 19.2 Å². The third-order valence-corrected chi connectivity index (χ3v) is 4.36. The van der Waals surface area contributed by atoms with Crippen LogP contribution < -0.4 is 9.30 Å². The van der Waals surface area contributed by atoms with E-state index in [0.29, 0.717) is 18.2 Å². The molecule has 0 amide bonds. The standard InChI is InChI=1S/C19H16ClN3O2.NO3/c20-15-7-5-14(6-8-15)11-25-22-19-16-3-1-2-4-18(16)24-12-17(19)23-10-9-21-13-23;2-1(3)4/h1-10,13,17H,11-12H2;/q;-1/p+1/b22-19+;. The molecule has 1 aromatic heterocycles. The van der Waals surface area contributed by atoms with Crippen LogP contribution in [0.2, 0.25) is 5.02 Å². The Labute approximate surface area is 170 Å². The molecule has 9 nitrogen and oxygen atoms in total. The Bertz CT molecular complexity index is 973. The van der Waals surface area contributed by atoms with Crippen LogP contribution in [-0.2, 0) is 11.4 Å². The van der Waals surface area contributed by atoms with E-state index in [1.807, 2.05) is 71.8 Å². The quantitative estimate of drug-likeness (QED) is 0.398. The number of hydrogen-bond acceptors (Lipinski definition) is 6. The number of benzene rings is 2. The number of nitrogens with zero attached hydrogens (tertiary/aromatic N) is 3. The number of nitrogens with one attached hydrogen (secondary N) is 1. The van der Waals surface area contributed by atoms with Crippen LogP contribution in [0.1, 0.15) is 17.2 Å². The first-order valence-electron chi connectivity index (χ1n) is 8.56.